The van der Waals surface area contributed by atoms with Gasteiger partial charge in [-0.05, 0) is 12.1 Å². The highest BCUT2D eigenvalue weighted by molar-refractivity contribution is 5.95. The average molecular weight is 561 g/mol. The molecule has 0 unspecified atom stereocenters. The Morgan fingerprint density at radius 2 is 1.50 bits per heavy atom. The van der Waals surface area contributed by atoms with Crippen molar-refractivity contribution in [2.24, 2.45) is 10.2 Å². The Labute approximate surface area is 228 Å². The van der Waals surface area contributed by atoms with Crippen LogP contribution >= 0.6 is 0 Å². The Bertz CT molecular complexity index is 1290. The van der Waals surface area contributed by atoms with Gasteiger partial charge in [-0.1, -0.05) is 6.92 Å². The lowest BCUT2D eigenvalue weighted by atomic mass is 10.1. The van der Waals surface area contributed by atoms with Crippen molar-refractivity contribution in [3.05, 3.63) is 50.6 Å². The van der Waals surface area contributed by atoms with Crippen molar-refractivity contribution >= 4 is 52.0 Å². The molecule has 40 heavy (non-hydrogen) atoms. The van der Waals surface area contributed by atoms with E-state index in [4.69, 9.17) is 14.2 Å². The van der Waals surface area contributed by atoms with Crippen LogP contribution in [0.2, 0.25) is 0 Å². The first kappa shape index (κ1) is 31.1. The number of nitro benzene ring substituents is 2. The van der Waals surface area contributed by atoms with Crippen LogP contribution in [0, 0.1) is 20.2 Å². The predicted octanol–water partition coefficient (Wildman–Crippen LogP) is 4.21. The number of azo groups is 1. The van der Waals surface area contributed by atoms with Crippen LogP contribution in [0.15, 0.2) is 40.6 Å². The molecule has 214 valence electrons. The molecule has 1 N–H and O–H groups in total. The third-order valence-electron chi connectivity index (χ3n) is 5.49. The first-order chi connectivity index (χ1) is 19.0. The molecule has 0 bridgehead atoms. The lowest BCUT2D eigenvalue weighted by molar-refractivity contribution is -0.393. The second kappa shape index (κ2) is 14.7. The van der Waals surface area contributed by atoms with Crippen LogP contribution in [-0.2, 0) is 23.9 Å². The molecule has 0 fully saturated rings. The molecule has 0 saturated heterocycles. The van der Waals surface area contributed by atoms with Crippen LogP contribution in [0.5, 0.6) is 5.75 Å². The maximum absolute atomic E-state index is 12.3. The molecular formula is C24H28N6O10. The second-order valence-electron chi connectivity index (χ2n) is 7.97. The van der Waals surface area contributed by atoms with Gasteiger partial charge < -0.3 is 24.4 Å². The maximum Gasteiger partial charge on any atom is 0.307 e. The largest absolute Gasteiger partial charge is 0.494 e. The minimum absolute atomic E-state index is 0.0250. The van der Waals surface area contributed by atoms with E-state index < -0.39 is 33.2 Å². The van der Waals surface area contributed by atoms with Crippen LogP contribution < -0.4 is 15.0 Å². The van der Waals surface area contributed by atoms with Crippen molar-refractivity contribution in [3.8, 4) is 5.75 Å². The molecule has 1 amide bonds. The fraction of sp³-hybridized carbons (Fsp3) is 0.375. The molecule has 16 nitrogen and oxygen atoms in total. The van der Waals surface area contributed by atoms with Gasteiger partial charge in [0.2, 0.25) is 5.91 Å². The number of rotatable bonds is 14. The van der Waals surface area contributed by atoms with Gasteiger partial charge in [0.1, 0.15) is 11.4 Å². The van der Waals surface area contributed by atoms with E-state index in [1.165, 1.54) is 33.5 Å². The third-order valence-corrected chi connectivity index (χ3v) is 5.49. The molecule has 0 spiro atoms. The summed E-state index contributed by atoms with van der Waals surface area (Å²) in [7, 11) is 3.86. The number of non-ortho nitro benzene ring substituents is 1. The lowest BCUT2D eigenvalue weighted by Crippen LogP contribution is -2.29. The third kappa shape index (κ3) is 8.44. The highest BCUT2D eigenvalue weighted by Gasteiger charge is 2.22. The molecule has 16 heteroatoms. The van der Waals surface area contributed by atoms with Gasteiger partial charge in [0.15, 0.2) is 5.69 Å². The number of nitrogens with one attached hydrogen (secondary N) is 1. The van der Waals surface area contributed by atoms with E-state index in [0.29, 0.717) is 5.69 Å². The number of methoxy groups -OCH3 is 3. The summed E-state index contributed by atoms with van der Waals surface area (Å²) >= 11 is 0. The number of hydrogen-bond donors (Lipinski definition) is 1. The van der Waals surface area contributed by atoms with Gasteiger partial charge in [-0.15, -0.1) is 10.2 Å². The molecule has 0 aliphatic heterocycles. The number of nitro groups is 2. The fourth-order valence-corrected chi connectivity index (χ4v) is 3.36. The van der Waals surface area contributed by atoms with Crippen LogP contribution in [-0.4, -0.2) is 62.1 Å². The minimum atomic E-state index is -0.828. The highest BCUT2D eigenvalue weighted by Crippen LogP contribution is 2.41. The summed E-state index contributed by atoms with van der Waals surface area (Å²) in [4.78, 5) is 58.5. The van der Waals surface area contributed by atoms with E-state index in [2.05, 4.69) is 15.5 Å². The molecule has 0 aliphatic carbocycles. The van der Waals surface area contributed by atoms with Gasteiger partial charge in [0.05, 0.1) is 61.5 Å². The van der Waals surface area contributed by atoms with E-state index >= 15 is 0 Å². The number of ether oxygens (including phenoxy) is 3. The summed E-state index contributed by atoms with van der Waals surface area (Å²) in [6, 6.07) is 5.80. The molecule has 0 saturated carbocycles. The molecule has 2 rings (SSSR count). The van der Waals surface area contributed by atoms with Crippen molar-refractivity contribution in [1.82, 2.24) is 0 Å². The standard InChI is InChI=1S/C24H28N6O10/c1-5-22(31)25-17-13-20(28(10-8-23(32)39-3)11-9-24(33)40-4)21(38-2)14-18(17)27-26-16-7-6-15(29(34)35)12-19(16)30(36)37/h6-7,12-14H,5,8-11H2,1-4H3,(H,25,31). The first-order valence-electron chi connectivity index (χ1n) is 11.8. The zero-order valence-corrected chi connectivity index (χ0v) is 22.2. The van der Waals surface area contributed by atoms with Crippen LogP contribution in [0.1, 0.15) is 26.2 Å². The normalized spacial score (nSPS) is 10.6. The SMILES string of the molecule is CCC(=O)Nc1cc(N(CCC(=O)OC)CCC(=O)OC)c(OC)cc1N=Nc1ccc([N+](=O)[O-])cc1[N+](=O)[O-]. The first-order valence-corrected chi connectivity index (χ1v) is 11.8. The number of carbonyl (C=O) groups excluding carboxylic acids is 3. The Morgan fingerprint density at radius 3 is 2.00 bits per heavy atom. The minimum Gasteiger partial charge on any atom is -0.494 e. The average Bonchev–Trinajstić information content (AvgIpc) is 2.95. The predicted molar refractivity (Wildman–Crippen MR) is 141 cm³/mol. The zero-order valence-electron chi connectivity index (χ0n) is 22.2. The van der Waals surface area contributed by atoms with Crippen LogP contribution in [0.25, 0.3) is 0 Å². The molecule has 0 aliphatic rings. The summed E-state index contributed by atoms with van der Waals surface area (Å²) in [5.41, 5.74) is -0.803. The second-order valence-corrected chi connectivity index (χ2v) is 7.97. The number of nitrogens with zero attached hydrogens (tertiary/aromatic N) is 5. The van der Waals surface area contributed by atoms with E-state index in [1.54, 1.807) is 11.8 Å². The summed E-state index contributed by atoms with van der Waals surface area (Å²) in [5, 5.41) is 33.1. The quantitative estimate of drug-likeness (QED) is 0.150. The van der Waals surface area contributed by atoms with E-state index in [9.17, 15) is 34.6 Å². The fourth-order valence-electron chi connectivity index (χ4n) is 3.36. The molecule has 0 aromatic heterocycles. The van der Waals surface area contributed by atoms with E-state index in [-0.39, 0.29) is 61.1 Å². The van der Waals surface area contributed by atoms with Crippen molar-refractivity contribution in [2.75, 3.05) is 44.6 Å². The molecule has 2 aromatic rings. The van der Waals surface area contributed by atoms with Gasteiger partial charge in [0, 0.05) is 31.6 Å². The topological polar surface area (TPSA) is 205 Å². The summed E-state index contributed by atoms with van der Waals surface area (Å²) < 4.78 is 14.9. The van der Waals surface area contributed by atoms with Crippen molar-refractivity contribution < 1.29 is 38.4 Å². The van der Waals surface area contributed by atoms with E-state index in [1.807, 2.05) is 0 Å². The monoisotopic (exact) mass is 560 g/mol. The highest BCUT2D eigenvalue weighted by atomic mass is 16.6. The number of carbonyl (C=O) groups is 3. The number of benzene rings is 2. The molecule has 0 radical (unpaired) electrons. The Balaban J connectivity index is 2.62. The van der Waals surface area contributed by atoms with Gasteiger partial charge in [-0.25, -0.2) is 0 Å². The van der Waals surface area contributed by atoms with Crippen LogP contribution in [0.4, 0.5) is 34.1 Å². The smallest absolute Gasteiger partial charge is 0.307 e. The van der Waals surface area contributed by atoms with Crippen LogP contribution in [0.3, 0.4) is 0 Å². The number of esters is 2. The Morgan fingerprint density at radius 1 is 0.900 bits per heavy atom. The van der Waals surface area contributed by atoms with Gasteiger partial charge >= 0.3 is 17.6 Å². The van der Waals surface area contributed by atoms with Crippen molar-refractivity contribution in [1.29, 1.82) is 0 Å². The molecule has 2 aromatic carbocycles. The molecule has 0 heterocycles. The summed E-state index contributed by atoms with van der Waals surface area (Å²) in [6.45, 7) is 1.87. The lowest BCUT2D eigenvalue weighted by Gasteiger charge is -2.27. The van der Waals surface area contributed by atoms with Gasteiger partial charge in [-0.3, -0.25) is 34.6 Å². The Hall–Kier alpha value is -5.15. The maximum atomic E-state index is 12.3. The van der Waals surface area contributed by atoms with Gasteiger partial charge in [-0.2, -0.15) is 0 Å². The molecule has 0 atom stereocenters. The van der Waals surface area contributed by atoms with E-state index in [0.717, 1.165) is 18.2 Å². The Kier molecular flexibility index (Phi) is 11.4. The number of hydrogen-bond acceptors (Lipinski definition) is 13. The van der Waals surface area contributed by atoms with Gasteiger partial charge in [0.25, 0.3) is 5.69 Å². The number of amides is 1. The zero-order chi connectivity index (χ0) is 29.8. The summed E-state index contributed by atoms with van der Waals surface area (Å²) in [5.74, 6) is -1.14. The van der Waals surface area contributed by atoms with Crippen molar-refractivity contribution in [3.63, 3.8) is 0 Å². The summed E-state index contributed by atoms with van der Waals surface area (Å²) in [6.07, 6.45) is 0.0612. The number of anilines is 2. The molecular weight excluding hydrogens is 532 g/mol. The van der Waals surface area contributed by atoms with Crippen molar-refractivity contribution in [2.45, 2.75) is 26.2 Å².